The van der Waals surface area contributed by atoms with E-state index in [0.717, 1.165) is 14.7 Å². The average molecular weight is 988 g/mol. The number of esters is 2. The zero-order valence-electron chi connectivity index (χ0n) is 22.4. The minimum Gasteiger partial charge on any atom is -0.465 e. The van der Waals surface area contributed by atoms with E-state index in [4.69, 9.17) is 14.0 Å². The highest BCUT2D eigenvalue weighted by Crippen LogP contribution is 2.59. The van der Waals surface area contributed by atoms with Crippen LogP contribution in [0, 0.1) is 28.5 Å². The summed E-state index contributed by atoms with van der Waals surface area (Å²) < 4.78 is 113. The maximum absolute atomic E-state index is 14.1. The van der Waals surface area contributed by atoms with Gasteiger partial charge in [0, 0.05) is 21.8 Å². The first-order chi connectivity index (χ1) is 20.9. The fourth-order valence-corrected chi connectivity index (χ4v) is 10.5. The summed E-state index contributed by atoms with van der Waals surface area (Å²) in [6.45, 7) is -1.26. The van der Waals surface area contributed by atoms with Gasteiger partial charge in [-0.3, -0.25) is 14.1 Å². The summed E-state index contributed by atoms with van der Waals surface area (Å²) in [5.74, 6) is -9.56. The Morgan fingerprint density at radius 3 is 1.62 bits per heavy atom. The molecule has 3 aliphatic rings. The first-order valence-electron chi connectivity index (χ1n) is 13.1. The van der Waals surface area contributed by atoms with Crippen LogP contribution >= 0.6 is 67.8 Å². The molecule has 1 N–H and O–H groups in total. The number of hydrogen-bond acceptors (Lipinski definition) is 6. The van der Waals surface area contributed by atoms with E-state index in [1.807, 2.05) is 57.3 Å². The normalized spacial score (nSPS) is 21.4. The molecule has 0 aromatic heterocycles. The minimum atomic E-state index is -6.45. The molecule has 240 valence electrons. The highest BCUT2D eigenvalue weighted by atomic mass is 127. The van der Waals surface area contributed by atoms with Crippen LogP contribution in [-0.2, 0) is 24.4 Å². The lowest BCUT2D eigenvalue weighted by atomic mass is 9.54. The molecule has 6 rings (SSSR count). The predicted octanol–water partition coefficient (Wildman–Crippen LogP) is 7.52. The van der Waals surface area contributed by atoms with E-state index in [1.54, 1.807) is 48.5 Å². The van der Waals surface area contributed by atoms with E-state index in [1.165, 1.54) is 0 Å². The van der Waals surface area contributed by atoms with Gasteiger partial charge >= 0.3 is 33.5 Å². The topological polar surface area (TPSA) is 107 Å². The molecule has 3 aromatic rings. The van der Waals surface area contributed by atoms with Crippen molar-refractivity contribution in [2.24, 2.45) is 17.8 Å². The van der Waals surface area contributed by atoms with Gasteiger partial charge in [0.2, 0.25) is 0 Å². The first-order valence-corrected chi connectivity index (χ1v) is 17.7. The number of carbonyl (C=O) groups excluding carboxylic acids is 2. The lowest BCUT2D eigenvalue weighted by Gasteiger charge is -2.48. The van der Waals surface area contributed by atoms with Crippen LogP contribution in [0.2, 0.25) is 0 Å². The number of fused-ring (bicyclic) bond motifs is 1. The summed E-state index contributed by atoms with van der Waals surface area (Å²) in [6, 6.07) is 17.8. The third kappa shape index (κ3) is 6.46. The second kappa shape index (κ2) is 12.8. The molecular weight excluding hydrogens is 968 g/mol. The number of benzene rings is 3. The van der Waals surface area contributed by atoms with Crippen LogP contribution in [0.4, 0.5) is 22.0 Å². The van der Waals surface area contributed by atoms with E-state index < -0.39 is 76.1 Å². The van der Waals surface area contributed by atoms with Crippen molar-refractivity contribution in [3.05, 3.63) is 93.6 Å². The van der Waals surface area contributed by atoms with Crippen LogP contribution in [0.3, 0.4) is 0 Å². The van der Waals surface area contributed by atoms with Crippen LogP contribution in [0.5, 0.6) is 5.75 Å². The maximum atomic E-state index is 14.1. The summed E-state index contributed by atoms with van der Waals surface area (Å²) in [7, 11) is -6.45. The number of carbonyl (C=O) groups is 2. The molecular formula is C29H20F5I3O7S. The SMILES string of the molecule is O=C(OCCC(C(F)(F)F)C(F)(F)S(=O)(=O)O)C1C2c3ccccc3C(c3ccccc32)C1C(=O)Oc1c(I)cc(I)cc1I. The maximum Gasteiger partial charge on any atom is 0.398 e. The van der Waals surface area contributed by atoms with E-state index >= 15 is 0 Å². The molecule has 3 atom stereocenters. The lowest BCUT2D eigenvalue weighted by molar-refractivity contribution is -0.223. The molecule has 16 heteroatoms. The van der Waals surface area contributed by atoms with Gasteiger partial charge in [-0.25, -0.2) is 0 Å². The second-order valence-electron chi connectivity index (χ2n) is 10.5. The Kier molecular flexibility index (Phi) is 9.83. The molecule has 0 heterocycles. The molecule has 3 unspecified atom stereocenters. The zero-order valence-corrected chi connectivity index (χ0v) is 29.7. The number of hydrogen-bond donors (Lipinski definition) is 1. The van der Waals surface area contributed by atoms with Crippen LogP contribution in [0.15, 0.2) is 60.7 Å². The molecule has 0 radical (unpaired) electrons. The molecule has 0 aliphatic heterocycles. The van der Waals surface area contributed by atoms with Crippen molar-refractivity contribution in [2.45, 2.75) is 29.7 Å². The van der Waals surface area contributed by atoms with Gasteiger partial charge in [-0.2, -0.15) is 30.4 Å². The molecule has 7 nitrogen and oxygen atoms in total. The van der Waals surface area contributed by atoms with Gasteiger partial charge in [0.15, 0.2) is 5.75 Å². The Morgan fingerprint density at radius 1 is 0.800 bits per heavy atom. The van der Waals surface area contributed by atoms with Gasteiger partial charge in [-0.15, -0.1) is 0 Å². The summed E-state index contributed by atoms with van der Waals surface area (Å²) in [6.07, 6.45) is -7.42. The van der Waals surface area contributed by atoms with Gasteiger partial charge < -0.3 is 9.47 Å². The van der Waals surface area contributed by atoms with E-state index in [9.17, 15) is 40.0 Å². The summed E-state index contributed by atoms with van der Waals surface area (Å²) in [5.41, 5.74) is 2.89. The molecule has 45 heavy (non-hydrogen) atoms. The van der Waals surface area contributed by atoms with E-state index in [2.05, 4.69) is 22.6 Å². The van der Waals surface area contributed by atoms with Crippen LogP contribution in [0.1, 0.15) is 40.5 Å². The van der Waals surface area contributed by atoms with Crippen molar-refractivity contribution < 1.29 is 54.0 Å². The third-order valence-electron chi connectivity index (χ3n) is 7.94. The van der Waals surface area contributed by atoms with Crippen LogP contribution in [0.25, 0.3) is 0 Å². The Labute approximate surface area is 294 Å². The fraction of sp³-hybridized carbons (Fsp3) is 0.310. The Bertz CT molecular complexity index is 1710. The quantitative estimate of drug-likeness (QED) is 0.0819. The van der Waals surface area contributed by atoms with Crippen molar-refractivity contribution in [3.8, 4) is 5.75 Å². The van der Waals surface area contributed by atoms with Crippen molar-refractivity contribution in [3.63, 3.8) is 0 Å². The van der Waals surface area contributed by atoms with Gasteiger partial charge in [0.05, 0.1) is 25.6 Å². The lowest BCUT2D eigenvalue weighted by Crippen LogP contribution is -2.49. The predicted molar refractivity (Wildman–Crippen MR) is 175 cm³/mol. The fourth-order valence-electron chi connectivity index (χ4n) is 6.11. The average Bonchev–Trinajstić information content (AvgIpc) is 2.95. The smallest absolute Gasteiger partial charge is 0.398 e. The number of alkyl halides is 5. The number of rotatable bonds is 8. The van der Waals surface area contributed by atoms with Crippen molar-refractivity contribution >= 4 is 89.8 Å². The minimum absolute atomic E-state index is 0.261. The van der Waals surface area contributed by atoms with Gasteiger partial charge in [0.25, 0.3) is 0 Å². The van der Waals surface area contributed by atoms with Crippen molar-refractivity contribution in [1.29, 1.82) is 0 Å². The van der Waals surface area contributed by atoms with Crippen molar-refractivity contribution in [2.75, 3.05) is 6.61 Å². The molecule has 0 fully saturated rings. The molecule has 0 amide bonds. The monoisotopic (exact) mass is 988 g/mol. The van der Waals surface area contributed by atoms with Crippen LogP contribution in [-0.4, -0.2) is 42.9 Å². The number of ether oxygens (including phenoxy) is 2. The second-order valence-corrected chi connectivity index (χ2v) is 15.5. The molecule has 3 aromatic carbocycles. The molecule has 0 saturated carbocycles. The largest absolute Gasteiger partial charge is 0.465 e. The summed E-state index contributed by atoms with van der Waals surface area (Å²) in [5, 5.41) is -5.59. The summed E-state index contributed by atoms with van der Waals surface area (Å²) in [4.78, 5) is 27.8. The summed E-state index contributed by atoms with van der Waals surface area (Å²) >= 11 is 6.12. The Balaban J connectivity index is 1.53. The zero-order chi connectivity index (χ0) is 33.1. The molecule has 0 saturated heterocycles. The van der Waals surface area contributed by atoms with E-state index in [0.29, 0.717) is 18.3 Å². The van der Waals surface area contributed by atoms with Gasteiger partial charge in [-0.05, 0) is 102 Å². The highest BCUT2D eigenvalue weighted by Gasteiger charge is 2.63. The third-order valence-corrected chi connectivity index (χ3v) is 11.1. The van der Waals surface area contributed by atoms with E-state index in [-0.39, 0.29) is 5.75 Å². The Morgan fingerprint density at radius 2 is 1.22 bits per heavy atom. The molecule has 0 spiro atoms. The van der Waals surface area contributed by atoms with Gasteiger partial charge in [-0.1, -0.05) is 48.5 Å². The van der Waals surface area contributed by atoms with Gasteiger partial charge in [0.1, 0.15) is 5.92 Å². The number of halogens is 8. The molecule has 2 bridgehead atoms. The standard InChI is InChI=1S/C29H20F5I3O7S/c30-28(31,32)20(29(33,34)45(40,41)42)9-10-43-26(38)23-21-14-5-1-3-7-16(14)22(17-8-4-2-6-15(17)21)24(23)27(39)44-25-18(36)11-13(35)12-19(25)37/h1-8,11-12,20-24H,9-10H2,(H,40,41,42). The Hall–Kier alpha value is -1.65. The highest BCUT2D eigenvalue weighted by molar-refractivity contribution is 14.1. The van der Waals surface area contributed by atoms with Crippen molar-refractivity contribution in [1.82, 2.24) is 0 Å². The molecule has 3 aliphatic carbocycles. The first kappa shape index (κ1) is 34.7. The van der Waals surface area contributed by atoms with Crippen LogP contribution < -0.4 is 4.74 Å².